The van der Waals surface area contributed by atoms with Gasteiger partial charge in [-0.05, 0) is 86.7 Å². The zero-order valence-electron chi connectivity index (χ0n) is 32.7. The lowest BCUT2D eigenvalue weighted by Crippen LogP contribution is -2.41. The van der Waals surface area contributed by atoms with Crippen LogP contribution in [0, 0.1) is 0 Å². The number of anilines is 2. The minimum absolute atomic E-state index is 0.0747. The summed E-state index contributed by atoms with van der Waals surface area (Å²) in [6.07, 6.45) is -0.268. The average Bonchev–Trinajstić information content (AvgIpc) is 3.73. The third-order valence-corrected chi connectivity index (χ3v) is 12.0. The lowest BCUT2D eigenvalue weighted by Gasteiger charge is -2.33. The summed E-state index contributed by atoms with van der Waals surface area (Å²) in [7, 11) is 0. The summed E-state index contributed by atoms with van der Waals surface area (Å²) >= 11 is 0. The molecule has 1 fully saturated rings. The number of likely N-dealkylation sites (N-methyl/N-ethyl adjacent to an activating group) is 2. The first-order valence-electron chi connectivity index (χ1n) is 19.3. The molecule has 1 unspecified atom stereocenters. The molecule has 0 N–H and O–H groups in total. The number of para-hydroxylation sites is 2. The first-order valence-corrected chi connectivity index (χ1v) is 19.3. The number of hydrogen-bond donors (Lipinski definition) is 0. The molecule has 2 heterocycles. The maximum absolute atomic E-state index is 13.9. The Morgan fingerprint density at radius 1 is 0.661 bits per heavy atom. The maximum Gasteiger partial charge on any atom is 0.416 e. The molecule has 0 bridgehead atoms. The standard InChI is InChI=1S/C47H48F6N3/c1-7-54-39-25-23-33(46(48,49)50)29-37(39)44(3,4)41(54)27-21-31-19-20-32(43(31)56(35-15-11-9-12-16-35)36-17-13-10-14-18-36)22-28-42-45(5,6)38-30-34(47(51,52)53)24-26-40(38)55(42)8-2/h9-18,21-27,29-30,42H,7-8,19-20,28H2,1-6H3/q+1. The van der Waals surface area contributed by atoms with Crippen molar-refractivity contribution in [2.24, 2.45) is 0 Å². The summed E-state index contributed by atoms with van der Waals surface area (Å²) in [6.45, 7) is 13.4. The molecule has 0 amide bonds. The van der Waals surface area contributed by atoms with E-state index < -0.39 is 34.3 Å². The quantitative estimate of drug-likeness (QED) is 0.137. The van der Waals surface area contributed by atoms with E-state index in [9.17, 15) is 26.3 Å². The Balaban J connectivity index is 1.36. The predicted octanol–water partition coefficient (Wildman–Crippen LogP) is 12.9. The van der Waals surface area contributed by atoms with E-state index in [1.54, 1.807) is 12.1 Å². The molecule has 4 aromatic rings. The summed E-state index contributed by atoms with van der Waals surface area (Å²) in [5.41, 5.74) is 6.60. The molecule has 3 aliphatic rings. The summed E-state index contributed by atoms with van der Waals surface area (Å²) in [6, 6.07) is 28.4. The Kier molecular flexibility index (Phi) is 10.1. The fraction of sp³-hybridized carbons (Fsp3) is 0.340. The van der Waals surface area contributed by atoms with E-state index in [4.69, 9.17) is 0 Å². The fourth-order valence-electron chi connectivity index (χ4n) is 9.08. The van der Waals surface area contributed by atoms with Gasteiger partial charge < -0.3 is 9.80 Å². The van der Waals surface area contributed by atoms with Gasteiger partial charge in [-0.1, -0.05) is 76.2 Å². The van der Waals surface area contributed by atoms with Gasteiger partial charge in [0.1, 0.15) is 0 Å². The van der Waals surface area contributed by atoms with Crippen molar-refractivity contribution < 1.29 is 26.3 Å². The molecule has 3 nitrogen and oxygen atoms in total. The lowest BCUT2D eigenvalue weighted by molar-refractivity contribution is -0.138. The normalized spacial score (nSPS) is 21.0. The van der Waals surface area contributed by atoms with Crippen LogP contribution < -0.4 is 14.4 Å². The maximum atomic E-state index is 13.9. The number of allylic oxidation sites excluding steroid dienone is 5. The largest absolute Gasteiger partial charge is 0.416 e. The summed E-state index contributed by atoms with van der Waals surface area (Å²) in [5.74, 6) is 0. The van der Waals surface area contributed by atoms with E-state index in [1.165, 1.54) is 18.2 Å². The van der Waals surface area contributed by atoms with Gasteiger partial charge in [-0.3, -0.25) is 0 Å². The second kappa shape index (κ2) is 14.5. The highest BCUT2D eigenvalue weighted by Gasteiger charge is 2.46. The number of benzene rings is 4. The molecule has 0 spiro atoms. The minimum atomic E-state index is -4.44. The Bertz CT molecular complexity index is 2200. The molecule has 2 aliphatic heterocycles. The Morgan fingerprint density at radius 3 is 1.73 bits per heavy atom. The molecular weight excluding hydrogens is 721 g/mol. The van der Waals surface area contributed by atoms with Crippen LogP contribution >= 0.6 is 0 Å². The molecule has 1 aliphatic carbocycles. The highest BCUT2D eigenvalue weighted by molar-refractivity contribution is 6.17. The van der Waals surface area contributed by atoms with Gasteiger partial charge >= 0.3 is 12.4 Å². The van der Waals surface area contributed by atoms with Gasteiger partial charge in [0.15, 0.2) is 0 Å². The van der Waals surface area contributed by atoms with Crippen LogP contribution in [0.5, 0.6) is 0 Å². The van der Waals surface area contributed by atoms with Crippen molar-refractivity contribution in [3.63, 3.8) is 0 Å². The molecule has 56 heavy (non-hydrogen) atoms. The summed E-state index contributed by atoms with van der Waals surface area (Å²) in [5, 5.41) is 0. The van der Waals surface area contributed by atoms with E-state index in [1.807, 2.05) is 77.9 Å². The number of alkyl halides is 6. The zero-order valence-corrected chi connectivity index (χ0v) is 32.7. The molecule has 0 saturated heterocycles. The number of nitrogens with zero attached hydrogens (tertiary/aromatic N) is 3. The van der Waals surface area contributed by atoms with Crippen molar-refractivity contribution in [3.05, 3.63) is 154 Å². The minimum Gasteiger partial charge on any atom is -0.367 e. The van der Waals surface area contributed by atoms with Crippen LogP contribution in [-0.2, 0) is 23.2 Å². The average molecular weight is 769 g/mol. The van der Waals surface area contributed by atoms with E-state index >= 15 is 0 Å². The molecule has 4 aromatic carbocycles. The fourth-order valence-corrected chi connectivity index (χ4v) is 9.08. The molecule has 9 heteroatoms. The van der Waals surface area contributed by atoms with Crippen LogP contribution in [0.1, 0.15) is 83.1 Å². The van der Waals surface area contributed by atoms with Crippen molar-refractivity contribution >= 4 is 28.5 Å². The smallest absolute Gasteiger partial charge is 0.367 e. The topological polar surface area (TPSA) is 9.49 Å². The highest BCUT2D eigenvalue weighted by Crippen LogP contribution is 2.51. The molecular formula is C47H48F6N3+. The van der Waals surface area contributed by atoms with E-state index in [0.29, 0.717) is 30.6 Å². The molecule has 0 radical (unpaired) electrons. The number of halogens is 6. The number of rotatable bonds is 7. The monoisotopic (exact) mass is 768 g/mol. The Morgan fingerprint density at radius 2 is 1.20 bits per heavy atom. The van der Waals surface area contributed by atoms with E-state index in [-0.39, 0.29) is 6.04 Å². The van der Waals surface area contributed by atoms with Gasteiger partial charge in [0.05, 0.1) is 11.1 Å². The second-order valence-corrected chi connectivity index (χ2v) is 15.9. The number of hydrogen-bond acceptors (Lipinski definition) is 2. The molecule has 7 rings (SSSR count). The van der Waals surface area contributed by atoms with Crippen LogP contribution in [0.2, 0.25) is 0 Å². The predicted molar refractivity (Wildman–Crippen MR) is 216 cm³/mol. The van der Waals surface area contributed by atoms with Crippen molar-refractivity contribution in [1.82, 2.24) is 4.58 Å². The van der Waals surface area contributed by atoms with E-state index in [2.05, 4.69) is 56.9 Å². The van der Waals surface area contributed by atoms with Crippen LogP contribution in [0.3, 0.4) is 0 Å². The van der Waals surface area contributed by atoms with E-state index in [0.717, 1.165) is 64.2 Å². The first kappa shape index (κ1) is 39.2. The summed E-state index contributed by atoms with van der Waals surface area (Å²) in [4.78, 5) is 4.34. The SMILES string of the molecule is CCN1C(=CC=C2CCC(=CCC3N(CC)c4ccc(C(F)(F)F)cc4C3(C)C)C2=[N+](c2ccccc2)c2ccccc2)C(C)(C)c2cc(C(F)(F)F)ccc21. The first-order chi connectivity index (χ1) is 26.5. The third-order valence-electron chi connectivity index (χ3n) is 12.0. The van der Waals surface area contributed by atoms with Crippen LogP contribution in [0.4, 0.5) is 49.1 Å². The van der Waals surface area contributed by atoms with Crippen molar-refractivity contribution in [2.75, 3.05) is 22.9 Å². The molecule has 1 atom stereocenters. The zero-order chi connectivity index (χ0) is 40.2. The highest BCUT2D eigenvalue weighted by atomic mass is 19.4. The Labute approximate surface area is 326 Å². The van der Waals surface area contributed by atoms with Gasteiger partial charge in [0, 0.05) is 82.4 Å². The van der Waals surface area contributed by atoms with Crippen LogP contribution in [-0.4, -0.2) is 24.8 Å². The van der Waals surface area contributed by atoms with Gasteiger partial charge in [0.25, 0.3) is 0 Å². The molecule has 1 saturated carbocycles. The van der Waals surface area contributed by atoms with Gasteiger partial charge in [-0.2, -0.15) is 30.9 Å². The summed E-state index contributed by atoms with van der Waals surface area (Å²) < 4.78 is 85.4. The van der Waals surface area contributed by atoms with Gasteiger partial charge in [-0.25, -0.2) is 0 Å². The van der Waals surface area contributed by atoms with Gasteiger partial charge in [0.2, 0.25) is 17.1 Å². The third kappa shape index (κ3) is 6.87. The van der Waals surface area contributed by atoms with Crippen LogP contribution in [0.25, 0.3) is 0 Å². The van der Waals surface area contributed by atoms with Gasteiger partial charge in [-0.15, -0.1) is 0 Å². The molecule has 292 valence electrons. The molecule has 0 aromatic heterocycles. The Hall–Kier alpha value is -5.05. The second-order valence-electron chi connectivity index (χ2n) is 15.9. The number of fused-ring (bicyclic) bond motifs is 2. The van der Waals surface area contributed by atoms with Crippen LogP contribution in [0.15, 0.2) is 132 Å². The van der Waals surface area contributed by atoms with Crippen molar-refractivity contribution in [1.29, 1.82) is 0 Å². The van der Waals surface area contributed by atoms with Crippen molar-refractivity contribution in [3.8, 4) is 0 Å². The lowest BCUT2D eigenvalue weighted by atomic mass is 9.78. The van der Waals surface area contributed by atoms with Crippen molar-refractivity contribution in [2.45, 2.75) is 90.0 Å².